The molecule has 7 nitrogen and oxygen atoms in total. The van der Waals surface area contributed by atoms with Crippen LogP contribution in [0.2, 0.25) is 0 Å². The van der Waals surface area contributed by atoms with Gasteiger partial charge in [0.2, 0.25) is 0 Å². The number of ether oxygens (including phenoxy) is 1. The molecule has 0 aliphatic heterocycles. The first-order valence-electron chi connectivity index (χ1n) is 13.2. The summed E-state index contributed by atoms with van der Waals surface area (Å²) in [4.78, 5) is 30.6. The van der Waals surface area contributed by atoms with Gasteiger partial charge in [0.1, 0.15) is 11.9 Å². The minimum atomic E-state index is -1.30. The smallest absolute Gasteiger partial charge is 0.309 e. The first kappa shape index (κ1) is 33.2. The third-order valence-electron chi connectivity index (χ3n) is 7.16. The number of nitrogens with zero attached hydrogens (tertiary/aromatic N) is 1. The van der Waals surface area contributed by atoms with Gasteiger partial charge in [-0.2, -0.15) is 0 Å². The number of hydrogen-bond donors (Lipinski definition) is 3. The van der Waals surface area contributed by atoms with E-state index in [1.807, 2.05) is 32.2 Å². The van der Waals surface area contributed by atoms with Gasteiger partial charge in [-0.1, -0.05) is 33.3 Å². The Morgan fingerprint density at radius 1 is 1.24 bits per heavy atom. The summed E-state index contributed by atoms with van der Waals surface area (Å²) in [6, 6.07) is 0. The highest BCUT2D eigenvalue weighted by atomic mass is 32.1. The standard InChI is InChI=1S/C29H47NO6S/c1-9-13-29(8,27(34)21(5)26(33)19(3)12-11-14-28(6,7)35)24(31)16-25(32)36-23(10-2)20(4)15-22-17-37-18-30-22/h9,15,17-19,21,23-24,26,31,33,35H,1,10-14,16H2,2-8H3/b20-15+/t19-,21+,23-,24-,26-,29+/m0/s1. The molecule has 37 heavy (non-hydrogen) atoms. The molecule has 0 bridgehead atoms. The average Bonchev–Trinajstić information content (AvgIpc) is 3.32. The van der Waals surface area contributed by atoms with Crippen LogP contribution in [0, 0.1) is 17.3 Å². The van der Waals surface area contributed by atoms with Crippen molar-refractivity contribution in [3.63, 3.8) is 0 Å². The number of allylic oxidation sites excluding steroid dienone is 1. The molecule has 0 spiro atoms. The Hall–Kier alpha value is -1.87. The summed E-state index contributed by atoms with van der Waals surface area (Å²) in [5.74, 6) is -1.84. The van der Waals surface area contributed by atoms with E-state index in [4.69, 9.17) is 4.74 Å². The summed E-state index contributed by atoms with van der Waals surface area (Å²) in [7, 11) is 0. The average molecular weight is 538 g/mol. The Kier molecular flexibility index (Phi) is 13.4. The second-order valence-electron chi connectivity index (χ2n) is 11.1. The van der Waals surface area contributed by atoms with Crippen LogP contribution in [-0.4, -0.2) is 56.0 Å². The lowest BCUT2D eigenvalue weighted by Gasteiger charge is -2.36. The molecule has 1 aromatic heterocycles. The molecule has 210 valence electrons. The van der Waals surface area contributed by atoms with E-state index in [1.165, 1.54) is 11.3 Å². The SMILES string of the molecule is C=CC[C@@](C)(C(=O)[C@H](C)[C@@H](O)[C@@H](C)CCCC(C)(C)O)[C@@H](O)CC(=O)O[C@@H](CC)/C(C)=C/c1cscn1. The van der Waals surface area contributed by atoms with E-state index in [1.54, 1.807) is 39.3 Å². The van der Waals surface area contributed by atoms with Crippen LogP contribution in [0.25, 0.3) is 6.08 Å². The number of rotatable bonds is 17. The number of ketones is 1. The maximum Gasteiger partial charge on any atom is 0.309 e. The molecular weight excluding hydrogens is 490 g/mol. The molecular formula is C29H47NO6S. The molecule has 3 N–H and O–H groups in total. The fraction of sp³-hybridized carbons (Fsp3) is 0.690. The van der Waals surface area contributed by atoms with Gasteiger partial charge >= 0.3 is 5.97 Å². The van der Waals surface area contributed by atoms with Gasteiger partial charge in [0.15, 0.2) is 0 Å². The van der Waals surface area contributed by atoms with Crippen LogP contribution in [0.3, 0.4) is 0 Å². The number of aromatic nitrogens is 1. The van der Waals surface area contributed by atoms with Gasteiger partial charge in [0.25, 0.3) is 0 Å². The zero-order valence-corrected chi connectivity index (χ0v) is 24.4. The number of thiazole rings is 1. The number of carbonyl (C=O) groups excluding carboxylic acids is 2. The maximum absolute atomic E-state index is 13.5. The topological polar surface area (TPSA) is 117 Å². The van der Waals surface area contributed by atoms with Crippen molar-refractivity contribution >= 4 is 29.2 Å². The van der Waals surface area contributed by atoms with Crippen LogP contribution in [0.15, 0.2) is 29.1 Å². The maximum atomic E-state index is 13.5. The van der Waals surface area contributed by atoms with Gasteiger partial charge in [-0.25, -0.2) is 4.98 Å². The van der Waals surface area contributed by atoms with Crippen LogP contribution >= 0.6 is 11.3 Å². The molecule has 0 aliphatic carbocycles. The van der Waals surface area contributed by atoms with Crippen molar-refractivity contribution in [3.8, 4) is 0 Å². The van der Waals surface area contributed by atoms with E-state index in [0.717, 1.165) is 17.7 Å². The molecule has 0 fully saturated rings. The number of Topliss-reactive ketones (excluding diaryl/α,β-unsaturated/α-hetero) is 1. The van der Waals surface area contributed by atoms with Crippen molar-refractivity contribution < 1.29 is 29.6 Å². The fourth-order valence-corrected chi connectivity index (χ4v) is 5.12. The van der Waals surface area contributed by atoms with E-state index < -0.39 is 41.2 Å². The molecule has 0 radical (unpaired) electrons. The molecule has 0 saturated heterocycles. The second kappa shape index (κ2) is 14.9. The Labute approximate surface area is 226 Å². The largest absolute Gasteiger partial charge is 0.458 e. The molecule has 1 rings (SSSR count). The third kappa shape index (κ3) is 10.4. The lowest BCUT2D eigenvalue weighted by Crippen LogP contribution is -2.47. The minimum absolute atomic E-state index is 0.157. The highest BCUT2D eigenvalue weighted by Gasteiger charge is 2.44. The number of carbonyl (C=O) groups is 2. The van der Waals surface area contributed by atoms with Gasteiger partial charge in [-0.05, 0) is 70.9 Å². The van der Waals surface area contributed by atoms with E-state index in [2.05, 4.69) is 11.6 Å². The van der Waals surface area contributed by atoms with Crippen molar-refractivity contribution in [1.29, 1.82) is 0 Å². The monoisotopic (exact) mass is 537 g/mol. The van der Waals surface area contributed by atoms with Crippen LogP contribution < -0.4 is 0 Å². The van der Waals surface area contributed by atoms with Crippen molar-refractivity contribution in [1.82, 2.24) is 4.98 Å². The van der Waals surface area contributed by atoms with Gasteiger partial charge < -0.3 is 20.1 Å². The number of aliphatic hydroxyl groups excluding tert-OH is 2. The van der Waals surface area contributed by atoms with E-state index in [0.29, 0.717) is 19.3 Å². The summed E-state index contributed by atoms with van der Waals surface area (Å²) < 4.78 is 5.65. The Morgan fingerprint density at radius 2 is 1.89 bits per heavy atom. The number of esters is 1. The quantitative estimate of drug-likeness (QED) is 0.181. The zero-order chi connectivity index (χ0) is 28.4. The Balaban J connectivity index is 2.88. The van der Waals surface area contributed by atoms with E-state index in [-0.39, 0.29) is 24.5 Å². The van der Waals surface area contributed by atoms with Crippen LogP contribution in [-0.2, 0) is 14.3 Å². The molecule has 8 heteroatoms. The molecule has 0 amide bonds. The Morgan fingerprint density at radius 3 is 2.41 bits per heavy atom. The minimum Gasteiger partial charge on any atom is -0.458 e. The molecule has 0 unspecified atom stereocenters. The predicted molar refractivity (Wildman–Crippen MR) is 149 cm³/mol. The first-order valence-corrected chi connectivity index (χ1v) is 14.1. The summed E-state index contributed by atoms with van der Waals surface area (Å²) in [6.45, 7) is 16.1. The van der Waals surface area contributed by atoms with Crippen molar-refractivity contribution in [3.05, 3.63) is 34.8 Å². The lowest BCUT2D eigenvalue weighted by molar-refractivity contribution is -0.155. The third-order valence-corrected chi connectivity index (χ3v) is 7.77. The van der Waals surface area contributed by atoms with Gasteiger partial charge in [0.05, 0.1) is 40.8 Å². The second-order valence-corrected chi connectivity index (χ2v) is 11.9. The molecule has 0 aliphatic rings. The Bertz CT molecular complexity index is 891. The highest BCUT2D eigenvalue weighted by Crippen LogP contribution is 2.36. The molecule has 0 saturated carbocycles. The summed E-state index contributed by atoms with van der Waals surface area (Å²) in [5.41, 5.74) is 1.29. The molecule has 1 aromatic rings. The fourth-order valence-electron chi connectivity index (χ4n) is 4.60. The number of aliphatic hydroxyl groups is 3. The van der Waals surface area contributed by atoms with Crippen molar-refractivity contribution in [2.75, 3.05) is 0 Å². The van der Waals surface area contributed by atoms with Gasteiger partial charge in [0, 0.05) is 11.3 Å². The lowest BCUT2D eigenvalue weighted by atomic mass is 9.69. The van der Waals surface area contributed by atoms with Crippen LogP contribution in [0.1, 0.15) is 92.7 Å². The van der Waals surface area contributed by atoms with E-state index in [9.17, 15) is 24.9 Å². The van der Waals surface area contributed by atoms with Crippen LogP contribution in [0.5, 0.6) is 0 Å². The molecule has 1 heterocycles. The first-order chi connectivity index (χ1) is 17.2. The van der Waals surface area contributed by atoms with Crippen molar-refractivity contribution in [2.45, 2.75) is 111 Å². The normalized spacial score (nSPS) is 18.3. The highest BCUT2D eigenvalue weighted by molar-refractivity contribution is 7.07. The van der Waals surface area contributed by atoms with E-state index >= 15 is 0 Å². The summed E-state index contributed by atoms with van der Waals surface area (Å²) >= 11 is 1.48. The van der Waals surface area contributed by atoms with Crippen LogP contribution in [0.4, 0.5) is 0 Å². The summed E-state index contributed by atoms with van der Waals surface area (Å²) in [6.07, 6.45) is 3.08. The number of hydrogen-bond acceptors (Lipinski definition) is 8. The van der Waals surface area contributed by atoms with Gasteiger partial charge in [-0.3, -0.25) is 9.59 Å². The van der Waals surface area contributed by atoms with Crippen molar-refractivity contribution in [2.24, 2.45) is 17.3 Å². The predicted octanol–water partition coefficient (Wildman–Crippen LogP) is 5.35. The molecule has 0 aromatic carbocycles. The zero-order valence-electron chi connectivity index (χ0n) is 23.6. The summed E-state index contributed by atoms with van der Waals surface area (Å²) in [5, 5.41) is 33.8. The molecule has 6 atom stereocenters. The van der Waals surface area contributed by atoms with Gasteiger partial charge in [-0.15, -0.1) is 17.9 Å².